The number of hydrogen-bond acceptors (Lipinski definition) is 1. The average Bonchev–Trinajstić information content (AvgIpc) is 1.99. The minimum absolute atomic E-state index is 1.05. The van der Waals surface area contributed by atoms with Crippen molar-refractivity contribution >= 4 is 53.5 Å². The fourth-order valence-electron chi connectivity index (χ4n) is 0.800. The number of hydrogen-bond donors (Lipinski definition) is 0. The Hall–Kier alpha value is 0.460. The number of nitrogens with zero attached hydrogens (tertiary/aromatic N) is 1. The summed E-state index contributed by atoms with van der Waals surface area (Å²) in [6.45, 7) is 0. The zero-order valence-corrected chi connectivity index (χ0v) is 11.5. The predicted molar refractivity (Wildman–Crippen MR) is 63.9 cm³/mol. The van der Waals surface area contributed by atoms with Crippen LogP contribution in [0.1, 0.15) is 0 Å². The molecule has 0 aromatic heterocycles. The van der Waals surface area contributed by atoms with Crippen molar-refractivity contribution in [2.45, 2.75) is 0 Å². The topological polar surface area (TPSA) is 3.24 Å². The lowest BCUT2D eigenvalue weighted by atomic mass is 10.3. The molecule has 0 bridgehead atoms. The lowest BCUT2D eigenvalue weighted by molar-refractivity contribution is 1.13. The summed E-state index contributed by atoms with van der Waals surface area (Å²) in [7, 11) is 4.03. The largest absolute Gasteiger partial charge is 0.378 e. The molecule has 4 heteroatoms. The van der Waals surface area contributed by atoms with Gasteiger partial charge < -0.3 is 4.90 Å². The van der Waals surface area contributed by atoms with Crippen LogP contribution in [-0.4, -0.2) is 14.1 Å². The number of halogens is 3. The van der Waals surface area contributed by atoms with E-state index in [1.165, 1.54) is 0 Å². The Labute approximate surface area is 97.5 Å². The highest BCUT2D eigenvalue weighted by Gasteiger charge is 2.05. The molecule has 0 amide bonds. The average molecular weight is 358 g/mol. The van der Waals surface area contributed by atoms with E-state index >= 15 is 0 Å². The molecule has 1 rings (SSSR count). The molecule has 1 aromatic carbocycles. The summed E-state index contributed by atoms with van der Waals surface area (Å²) < 4.78 is 3.16. The fourth-order valence-corrected chi connectivity index (χ4v) is 2.19. The first-order chi connectivity index (χ1) is 5.52. The van der Waals surface area contributed by atoms with Crippen molar-refractivity contribution in [3.05, 3.63) is 25.6 Å². The second-order valence-corrected chi connectivity index (χ2v) is 5.12. The Kier molecular flexibility index (Phi) is 3.61. The molecule has 0 aliphatic heterocycles. The van der Waals surface area contributed by atoms with E-state index < -0.39 is 0 Å². The van der Waals surface area contributed by atoms with Crippen LogP contribution in [0.2, 0.25) is 0 Å². The summed E-state index contributed by atoms with van der Waals surface area (Å²) in [5.74, 6) is 0. The van der Waals surface area contributed by atoms with Crippen molar-refractivity contribution in [1.29, 1.82) is 0 Å². The van der Waals surface area contributed by atoms with Gasteiger partial charge >= 0.3 is 0 Å². The molecule has 0 unspecified atom stereocenters. The summed E-state index contributed by atoms with van der Waals surface area (Å²) in [5, 5.41) is 0. The first-order valence-corrected chi connectivity index (χ1v) is 5.72. The summed E-state index contributed by atoms with van der Waals surface area (Å²) in [4.78, 5) is 2.06. The predicted octanol–water partition coefficient (Wildman–Crippen LogP) is 4.04. The van der Waals surface area contributed by atoms with Gasteiger partial charge in [-0.3, -0.25) is 0 Å². The van der Waals surface area contributed by atoms with Gasteiger partial charge in [-0.25, -0.2) is 0 Å². The maximum atomic E-state index is 3.46. The molecule has 0 heterocycles. The number of rotatable bonds is 1. The SMILES string of the molecule is CN(C)c1cc(Br)c(Br)c(Br)c1. The lowest BCUT2D eigenvalue weighted by Gasteiger charge is -2.14. The minimum atomic E-state index is 1.05. The fraction of sp³-hybridized carbons (Fsp3) is 0.250. The van der Waals surface area contributed by atoms with E-state index in [2.05, 4.69) is 64.8 Å². The highest BCUT2D eigenvalue weighted by atomic mass is 79.9. The quantitative estimate of drug-likeness (QED) is 0.686. The van der Waals surface area contributed by atoms with E-state index in [4.69, 9.17) is 0 Å². The van der Waals surface area contributed by atoms with E-state index in [1.54, 1.807) is 0 Å². The maximum absolute atomic E-state index is 3.46. The first-order valence-electron chi connectivity index (χ1n) is 3.34. The van der Waals surface area contributed by atoms with Crippen molar-refractivity contribution < 1.29 is 0 Å². The van der Waals surface area contributed by atoms with Crippen LogP contribution in [0.5, 0.6) is 0 Å². The van der Waals surface area contributed by atoms with Gasteiger partial charge in [-0.2, -0.15) is 0 Å². The van der Waals surface area contributed by atoms with Crippen LogP contribution in [0.25, 0.3) is 0 Å². The third-order valence-electron chi connectivity index (χ3n) is 1.48. The zero-order chi connectivity index (χ0) is 9.30. The summed E-state index contributed by atoms with van der Waals surface area (Å²) in [6.07, 6.45) is 0. The van der Waals surface area contributed by atoms with Crippen molar-refractivity contribution in [2.24, 2.45) is 0 Å². The molecular formula is C8H8Br3N. The van der Waals surface area contributed by atoms with Gasteiger partial charge in [0.1, 0.15) is 0 Å². The van der Waals surface area contributed by atoms with Crippen LogP contribution in [0.3, 0.4) is 0 Å². The molecule has 0 aliphatic rings. The molecule has 0 atom stereocenters. The molecule has 1 nitrogen and oxygen atoms in total. The van der Waals surface area contributed by atoms with Crippen molar-refractivity contribution in [1.82, 2.24) is 0 Å². The van der Waals surface area contributed by atoms with E-state index in [9.17, 15) is 0 Å². The third-order valence-corrected chi connectivity index (χ3v) is 4.65. The molecule has 0 saturated carbocycles. The van der Waals surface area contributed by atoms with Crippen molar-refractivity contribution in [2.75, 3.05) is 19.0 Å². The Balaban J connectivity index is 3.21. The Bertz CT molecular complexity index is 273. The first kappa shape index (κ1) is 10.5. The molecule has 0 aliphatic carbocycles. The van der Waals surface area contributed by atoms with Gasteiger partial charge in [0.25, 0.3) is 0 Å². The van der Waals surface area contributed by atoms with Gasteiger partial charge in [0.05, 0.1) is 0 Å². The molecule has 66 valence electrons. The van der Waals surface area contributed by atoms with Gasteiger partial charge in [-0.15, -0.1) is 0 Å². The van der Waals surface area contributed by atoms with E-state index in [1.807, 2.05) is 14.1 Å². The smallest absolute Gasteiger partial charge is 0.0461 e. The van der Waals surface area contributed by atoms with E-state index in [0.29, 0.717) is 0 Å². The molecule has 0 spiro atoms. The normalized spacial score (nSPS) is 10.1. The highest BCUT2D eigenvalue weighted by Crippen LogP contribution is 2.34. The lowest BCUT2D eigenvalue weighted by Crippen LogP contribution is -2.08. The van der Waals surface area contributed by atoms with Gasteiger partial charge in [-0.05, 0) is 59.9 Å². The monoisotopic (exact) mass is 355 g/mol. The second-order valence-electron chi connectivity index (χ2n) is 2.62. The van der Waals surface area contributed by atoms with Gasteiger partial charge in [0.2, 0.25) is 0 Å². The van der Waals surface area contributed by atoms with Crippen LogP contribution < -0.4 is 4.90 Å². The second kappa shape index (κ2) is 4.11. The van der Waals surface area contributed by atoms with Crippen LogP contribution in [0, 0.1) is 0 Å². The maximum Gasteiger partial charge on any atom is 0.0461 e. The minimum Gasteiger partial charge on any atom is -0.378 e. The van der Waals surface area contributed by atoms with Crippen LogP contribution in [-0.2, 0) is 0 Å². The van der Waals surface area contributed by atoms with Crippen molar-refractivity contribution in [3.63, 3.8) is 0 Å². The molecule has 0 saturated heterocycles. The molecular weight excluding hydrogens is 350 g/mol. The number of benzene rings is 1. The van der Waals surface area contributed by atoms with Crippen LogP contribution in [0.4, 0.5) is 5.69 Å². The molecule has 12 heavy (non-hydrogen) atoms. The van der Waals surface area contributed by atoms with Gasteiger partial charge in [0.15, 0.2) is 0 Å². The van der Waals surface area contributed by atoms with E-state index in [0.717, 1.165) is 19.1 Å². The van der Waals surface area contributed by atoms with Crippen molar-refractivity contribution in [3.8, 4) is 0 Å². The van der Waals surface area contributed by atoms with Gasteiger partial charge in [-0.1, -0.05) is 0 Å². The summed E-state index contributed by atoms with van der Waals surface area (Å²) in [6, 6.07) is 4.13. The third kappa shape index (κ3) is 2.24. The molecule has 0 N–H and O–H groups in total. The standard InChI is InChI=1S/C8H8Br3N/c1-12(2)5-3-6(9)8(11)7(10)4-5/h3-4H,1-2H3. The summed E-state index contributed by atoms with van der Waals surface area (Å²) in [5.41, 5.74) is 1.16. The van der Waals surface area contributed by atoms with Crippen LogP contribution >= 0.6 is 47.8 Å². The Morgan fingerprint density at radius 3 is 1.75 bits per heavy atom. The highest BCUT2D eigenvalue weighted by molar-refractivity contribution is 9.14. The molecule has 0 fully saturated rings. The van der Waals surface area contributed by atoms with Gasteiger partial charge in [0, 0.05) is 33.2 Å². The van der Waals surface area contributed by atoms with Crippen LogP contribution in [0.15, 0.2) is 25.6 Å². The zero-order valence-electron chi connectivity index (χ0n) is 6.74. The Morgan fingerprint density at radius 2 is 1.42 bits per heavy atom. The summed E-state index contributed by atoms with van der Waals surface area (Å²) >= 11 is 10.4. The Morgan fingerprint density at radius 1 is 1.00 bits per heavy atom. The number of anilines is 1. The van der Waals surface area contributed by atoms with E-state index in [-0.39, 0.29) is 0 Å². The molecule has 0 radical (unpaired) electrons. The molecule has 1 aromatic rings.